The second kappa shape index (κ2) is 11.7. The first-order valence-corrected chi connectivity index (χ1v) is 10.8. The Morgan fingerprint density at radius 2 is 2.23 bits per heavy atom. The minimum Gasteiger partial charge on any atom is -0.381 e. The molecule has 1 atom stereocenters. The summed E-state index contributed by atoms with van der Waals surface area (Å²) in [7, 11) is 0. The molecule has 2 N–H and O–H groups in total. The van der Waals surface area contributed by atoms with Gasteiger partial charge in [0.2, 0.25) is 0 Å². The summed E-state index contributed by atoms with van der Waals surface area (Å²) < 4.78 is 13.0. The van der Waals surface area contributed by atoms with Gasteiger partial charge in [-0.2, -0.15) is 5.10 Å². The minimum atomic E-state index is 0.567. The molecule has 1 aliphatic rings. The quantitative estimate of drug-likeness (QED) is 0.353. The maximum absolute atomic E-state index is 5.75. The molecule has 0 saturated carbocycles. The summed E-state index contributed by atoms with van der Waals surface area (Å²) in [5, 5.41) is 11.1. The molecule has 0 radical (unpaired) electrons. The van der Waals surface area contributed by atoms with Crippen LogP contribution >= 0.6 is 0 Å². The van der Waals surface area contributed by atoms with E-state index in [4.69, 9.17) is 9.47 Å². The van der Waals surface area contributed by atoms with E-state index in [1.165, 1.54) is 0 Å². The summed E-state index contributed by atoms with van der Waals surface area (Å²) in [6.45, 7) is 11.6. The zero-order valence-corrected chi connectivity index (χ0v) is 18.4. The number of nitrogens with zero attached hydrogens (tertiary/aromatic N) is 4. The zero-order valence-electron chi connectivity index (χ0n) is 18.4. The molecular weight excluding hydrogens is 380 g/mol. The lowest BCUT2D eigenvalue weighted by molar-refractivity contribution is 0.0888. The summed E-state index contributed by atoms with van der Waals surface area (Å²) >= 11 is 0. The number of rotatable bonds is 10. The van der Waals surface area contributed by atoms with Crippen LogP contribution in [0.2, 0.25) is 0 Å². The van der Waals surface area contributed by atoms with Gasteiger partial charge in [0, 0.05) is 44.1 Å². The minimum absolute atomic E-state index is 0.567. The molecule has 2 aromatic rings. The van der Waals surface area contributed by atoms with E-state index in [9.17, 15) is 0 Å². The Morgan fingerprint density at radius 1 is 1.33 bits per heavy atom. The van der Waals surface area contributed by atoms with Crippen LogP contribution < -0.4 is 10.6 Å². The first-order valence-electron chi connectivity index (χ1n) is 10.8. The Balaban J connectivity index is 1.42. The molecule has 8 heteroatoms. The summed E-state index contributed by atoms with van der Waals surface area (Å²) in [5.41, 5.74) is 3.12. The van der Waals surface area contributed by atoms with Crippen molar-refractivity contribution < 1.29 is 9.47 Å². The third-order valence-corrected chi connectivity index (χ3v) is 4.94. The summed E-state index contributed by atoms with van der Waals surface area (Å²) in [6, 6.07) is 6.08. The Bertz CT molecular complexity index is 796. The number of nitrogens with one attached hydrogen (secondary N) is 2. The van der Waals surface area contributed by atoms with Gasteiger partial charge in [-0.25, -0.2) is 14.7 Å². The Morgan fingerprint density at radius 3 is 2.90 bits per heavy atom. The number of guanidine groups is 1. The van der Waals surface area contributed by atoms with Gasteiger partial charge in [-0.15, -0.1) is 0 Å². The van der Waals surface area contributed by atoms with Crippen LogP contribution in [0.4, 0.5) is 0 Å². The maximum atomic E-state index is 5.75. The van der Waals surface area contributed by atoms with Crippen molar-refractivity contribution in [1.29, 1.82) is 0 Å². The lowest BCUT2D eigenvalue weighted by Crippen LogP contribution is -2.38. The van der Waals surface area contributed by atoms with Crippen LogP contribution in [0.5, 0.6) is 0 Å². The van der Waals surface area contributed by atoms with Crippen LogP contribution in [-0.2, 0) is 16.0 Å². The third kappa shape index (κ3) is 6.81. The number of hydrogen-bond donors (Lipinski definition) is 2. The molecule has 3 rings (SSSR count). The largest absolute Gasteiger partial charge is 0.381 e. The van der Waals surface area contributed by atoms with E-state index in [0.29, 0.717) is 12.5 Å². The van der Waals surface area contributed by atoms with Crippen molar-refractivity contribution >= 4 is 5.96 Å². The standard InChI is InChI=1S/C22H34N6O2/c1-4-23-22(24-9-5-10-29-15-20-8-11-30-16-20)26-14-19-6-7-21(25-13-19)28-18(3)12-17(2)27-28/h6-7,12-13,20H,4-5,8-11,14-16H2,1-3H3,(H2,23,24,26). The van der Waals surface area contributed by atoms with E-state index in [2.05, 4.69) is 32.6 Å². The highest BCUT2D eigenvalue weighted by Crippen LogP contribution is 2.12. The average Bonchev–Trinajstić information content (AvgIpc) is 3.38. The fraction of sp³-hybridized carbons (Fsp3) is 0.591. The highest BCUT2D eigenvalue weighted by atomic mass is 16.5. The molecule has 3 heterocycles. The second-order valence-electron chi connectivity index (χ2n) is 7.64. The first-order chi connectivity index (χ1) is 14.7. The third-order valence-electron chi connectivity index (χ3n) is 4.94. The normalized spacial score (nSPS) is 16.8. The average molecular weight is 415 g/mol. The van der Waals surface area contributed by atoms with Gasteiger partial charge in [0.15, 0.2) is 11.8 Å². The molecular formula is C22H34N6O2. The monoisotopic (exact) mass is 414 g/mol. The molecule has 8 nitrogen and oxygen atoms in total. The van der Waals surface area contributed by atoms with Gasteiger partial charge in [0.05, 0.1) is 25.5 Å². The molecule has 30 heavy (non-hydrogen) atoms. The van der Waals surface area contributed by atoms with Crippen molar-refractivity contribution in [1.82, 2.24) is 25.4 Å². The van der Waals surface area contributed by atoms with E-state index in [0.717, 1.165) is 81.1 Å². The van der Waals surface area contributed by atoms with E-state index in [-0.39, 0.29) is 0 Å². The van der Waals surface area contributed by atoms with Crippen molar-refractivity contribution in [3.63, 3.8) is 0 Å². The van der Waals surface area contributed by atoms with Gasteiger partial charge in [0.25, 0.3) is 0 Å². The molecule has 2 aromatic heterocycles. The smallest absolute Gasteiger partial charge is 0.191 e. The Kier molecular flexibility index (Phi) is 8.65. The van der Waals surface area contributed by atoms with Crippen LogP contribution in [0.1, 0.15) is 36.7 Å². The summed E-state index contributed by atoms with van der Waals surface area (Å²) in [4.78, 5) is 9.20. The van der Waals surface area contributed by atoms with E-state index < -0.39 is 0 Å². The van der Waals surface area contributed by atoms with Crippen LogP contribution in [0, 0.1) is 19.8 Å². The predicted molar refractivity (Wildman–Crippen MR) is 118 cm³/mol. The number of aliphatic imine (C=N–C) groups is 1. The number of aryl methyl sites for hydroxylation is 2. The van der Waals surface area contributed by atoms with Gasteiger partial charge in [0.1, 0.15) is 0 Å². The van der Waals surface area contributed by atoms with Crippen molar-refractivity contribution in [2.45, 2.75) is 40.2 Å². The fourth-order valence-electron chi connectivity index (χ4n) is 3.35. The number of ether oxygens (including phenoxy) is 2. The number of pyridine rings is 1. The summed E-state index contributed by atoms with van der Waals surface area (Å²) in [6.07, 6.45) is 3.92. The van der Waals surface area contributed by atoms with Crippen LogP contribution in [0.15, 0.2) is 29.4 Å². The van der Waals surface area contributed by atoms with Gasteiger partial charge in [-0.1, -0.05) is 6.07 Å². The van der Waals surface area contributed by atoms with E-state index in [1.54, 1.807) is 0 Å². The molecule has 1 fully saturated rings. The Hall–Kier alpha value is -2.45. The molecule has 1 aliphatic heterocycles. The molecule has 1 saturated heterocycles. The van der Waals surface area contributed by atoms with E-state index in [1.807, 2.05) is 42.9 Å². The molecule has 1 unspecified atom stereocenters. The predicted octanol–water partition coefficient (Wildman–Crippen LogP) is 2.38. The SMILES string of the molecule is CCNC(=NCc1ccc(-n2nc(C)cc2C)nc1)NCCCOCC1CCOC1. The Labute approximate surface area is 179 Å². The zero-order chi connectivity index (χ0) is 21.2. The molecule has 0 spiro atoms. The molecule has 164 valence electrons. The van der Waals surface area contributed by atoms with Crippen LogP contribution in [0.25, 0.3) is 5.82 Å². The van der Waals surface area contributed by atoms with Crippen molar-refractivity contribution in [3.05, 3.63) is 41.3 Å². The highest BCUT2D eigenvalue weighted by molar-refractivity contribution is 5.79. The number of aromatic nitrogens is 3. The van der Waals surface area contributed by atoms with Crippen molar-refractivity contribution in [2.75, 3.05) is 39.5 Å². The second-order valence-corrected chi connectivity index (χ2v) is 7.64. The van der Waals surface area contributed by atoms with Crippen LogP contribution in [-0.4, -0.2) is 60.2 Å². The van der Waals surface area contributed by atoms with Gasteiger partial charge in [-0.3, -0.25) is 0 Å². The van der Waals surface area contributed by atoms with E-state index >= 15 is 0 Å². The summed E-state index contributed by atoms with van der Waals surface area (Å²) in [5.74, 6) is 2.20. The van der Waals surface area contributed by atoms with Crippen LogP contribution in [0.3, 0.4) is 0 Å². The molecule has 0 bridgehead atoms. The fourth-order valence-corrected chi connectivity index (χ4v) is 3.35. The van der Waals surface area contributed by atoms with Gasteiger partial charge < -0.3 is 20.1 Å². The maximum Gasteiger partial charge on any atom is 0.191 e. The number of hydrogen-bond acceptors (Lipinski definition) is 5. The molecule has 0 aromatic carbocycles. The lowest BCUT2D eigenvalue weighted by atomic mass is 10.1. The molecule has 0 aliphatic carbocycles. The first kappa shape index (κ1) is 22.2. The van der Waals surface area contributed by atoms with Gasteiger partial charge >= 0.3 is 0 Å². The lowest BCUT2D eigenvalue weighted by Gasteiger charge is -2.12. The highest BCUT2D eigenvalue weighted by Gasteiger charge is 2.15. The van der Waals surface area contributed by atoms with Crippen molar-refractivity contribution in [2.24, 2.45) is 10.9 Å². The van der Waals surface area contributed by atoms with Gasteiger partial charge in [-0.05, 0) is 51.3 Å². The van der Waals surface area contributed by atoms with Crippen molar-refractivity contribution in [3.8, 4) is 5.82 Å². The molecule has 0 amide bonds. The topological polar surface area (TPSA) is 85.6 Å².